The molecular formula is C19H23N3O4. The van der Waals surface area contributed by atoms with Gasteiger partial charge in [-0.1, -0.05) is 0 Å². The molecule has 1 fully saturated rings. The molecule has 1 amide bonds. The molecule has 26 heavy (non-hydrogen) atoms. The number of nitrogens with zero attached hydrogens (tertiary/aromatic N) is 1. The average Bonchev–Trinajstić information content (AvgIpc) is 3.06. The average molecular weight is 357 g/mol. The van der Waals surface area contributed by atoms with Gasteiger partial charge in [-0.15, -0.1) is 0 Å². The first-order valence-electron chi connectivity index (χ1n) is 9.01. The van der Waals surface area contributed by atoms with Crippen molar-refractivity contribution in [2.75, 3.05) is 26.4 Å². The van der Waals surface area contributed by atoms with Crippen molar-refractivity contribution in [1.82, 2.24) is 15.2 Å². The van der Waals surface area contributed by atoms with Crippen molar-refractivity contribution < 1.29 is 14.3 Å². The maximum atomic E-state index is 12.5. The molecule has 0 saturated carbocycles. The Labute approximate surface area is 151 Å². The first-order valence-corrected chi connectivity index (χ1v) is 9.01. The molecule has 7 heteroatoms. The van der Waals surface area contributed by atoms with Gasteiger partial charge in [-0.25, -0.2) is 0 Å². The number of likely N-dealkylation sites (tertiary alicyclic amines) is 1. The molecule has 0 bridgehead atoms. The second kappa shape index (κ2) is 6.99. The van der Waals surface area contributed by atoms with Gasteiger partial charge in [-0.2, -0.15) is 0 Å². The number of hydrogen-bond donors (Lipinski definition) is 2. The number of ether oxygens (including phenoxy) is 2. The minimum absolute atomic E-state index is 0.00632. The van der Waals surface area contributed by atoms with Crippen molar-refractivity contribution in [1.29, 1.82) is 0 Å². The van der Waals surface area contributed by atoms with Crippen LogP contribution >= 0.6 is 0 Å². The zero-order chi connectivity index (χ0) is 18.1. The predicted molar refractivity (Wildman–Crippen MR) is 97.4 cm³/mol. The van der Waals surface area contributed by atoms with Gasteiger partial charge in [0.25, 0.3) is 5.56 Å². The molecule has 1 aromatic heterocycles. The van der Waals surface area contributed by atoms with E-state index in [1.165, 1.54) is 0 Å². The Morgan fingerprint density at radius 1 is 1.31 bits per heavy atom. The van der Waals surface area contributed by atoms with Crippen LogP contribution in [0.4, 0.5) is 0 Å². The van der Waals surface area contributed by atoms with Crippen LogP contribution in [-0.2, 0) is 11.3 Å². The zero-order valence-electron chi connectivity index (χ0n) is 14.8. The number of pyridine rings is 1. The van der Waals surface area contributed by atoms with E-state index < -0.39 is 0 Å². The Kier molecular flexibility index (Phi) is 4.55. The number of carbonyl (C=O) groups excluding carboxylic acids is 1. The molecule has 0 radical (unpaired) electrons. The van der Waals surface area contributed by atoms with E-state index in [0.717, 1.165) is 42.4 Å². The first kappa shape index (κ1) is 16.9. The molecule has 7 nitrogen and oxygen atoms in total. The van der Waals surface area contributed by atoms with Gasteiger partial charge in [0.1, 0.15) is 0 Å². The number of amides is 1. The molecule has 1 atom stereocenters. The topological polar surface area (TPSA) is 83.7 Å². The van der Waals surface area contributed by atoms with E-state index in [-0.39, 0.29) is 18.3 Å². The summed E-state index contributed by atoms with van der Waals surface area (Å²) in [6.45, 7) is 4.92. The maximum Gasteiger partial charge on any atom is 0.252 e. The predicted octanol–water partition coefficient (Wildman–Crippen LogP) is 1.60. The summed E-state index contributed by atoms with van der Waals surface area (Å²) in [4.78, 5) is 28.9. The number of rotatable bonds is 4. The highest BCUT2D eigenvalue weighted by Gasteiger charge is 2.21. The summed E-state index contributed by atoms with van der Waals surface area (Å²) < 4.78 is 10.8. The Balaban J connectivity index is 1.51. The van der Waals surface area contributed by atoms with Crippen LogP contribution in [0.1, 0.15) is 25.3 Å². The van der Waals surface area contributed by atoms with Crippen molar-refractivity contribution >= 4 is 16.8 Å². The van der Waals surface area contributed by atoms with E-state index in [1.54, 1.807) is 6.92 Å². The van der Waals surface area contributed by atoms with Gasteiger partial charge >= 0.3 is 0 Å². The molecule has 138 valence electrons. The molecule has 4 rings (SSSR count). The van der Waals surface area contributed by atoms with Gasteiger partial charge in [-0.3, -0.25) is 14.5 Å². The number of H-pyrrole nitrogens is 1. The highest BCUT2D eigenvalue weighted by molar-refractivity contribution is 5.83. The number of fused-ring (bicyclic) bond motifs is 2. The fourth-order valence-corrected chi connectivity index (χ4v) is 3.75. The number of aromatic amines is 1. The zero-order valence-corrected chi connectivity index (χ0v) is 14.8. The SMILES string of the molecule is CC(=O)NC[C@@H]1CCCN(Cc2cc3cc4c(cc3[nH]c2=O)OCO4)C1. The third kappa shape index (κ3) is 3.53. The molecule has 2 aliphatic rings. The lowest BCUT2D eigenvalue weighted by molar-refractivity contribution is -0.119. The molecular weight excluding hydrogens is 334 g/mol. The van der Waals surface area contributed by atoms with Crippen molar-refractivity contribution in [2.45, 2.75) is 26.3 Å². The van der Waals surface area contributed by atoms with Crippen LogP contribution in [0, 0.1) is 5.92 Å². The second-order valence-corrected chi connectivity index (χ2v) is 7.10. The van der Waals surface area contributed by atoms with E-state index in [4.69, 9.17) is 9.47 Å². The molecule has 0 aliphatic carbocycles. The molecule has 0 unspecified atom stereocenters. The number of benzene rings is 1. The van der Waals surface area contributed by atoms with Gasteiger partial charge in [0.15, 0.2) is 11.5 Å². The van der Waals surface area contributed by atoms with Crippen LogP contribution in [0.25, 0.3) is 10.9 Å². The van der Waals surface area contributed by atoms with Crippen molar-refractivity contribution in [3.63, 3.8) is 0 Å². The van der Waals surface area contributed by atoms with Crippen LogP contribution in [0.3, 0.4) is 0 Å². The minimum atomic E-state index is -0.0691. The number of nitrogens with one attached hydrogen (secondary N) is 2. The largest absolute Gasteiger partial charge is 0.454 e. The summed E-state index contributed by atoms with van der Waals surface area (Å²) in [5.41, 5.74) is 1.43. The number of hydrogen-bond acceptors (Lipinski definition) is 5. The smallest absolute Gasteiger partial charge is 0.252 e. The summed E-state index contributed by atoms with van der Waals surface area (Å²) in [7, 11) is 0. The summed E-state index contributed by atoms with van der Waals surface area (Å²) >= 11 is 0. The molecule has 2 N–H and O–H groups in total. The Bertz CT molecular complexity index is 892. The normalized spacial score (nSPS) is 19.7. The fourth-order valence-electron chi connectivity index (χ4n) is 3.75. The molecule has 1 saturated heterocycles. The van der Waals surface area contributed by atoms with Crippen molar-refractivity contribution in [3.05, 3.63) is 34.1 Å². The molecule has 3 heterocycles. The maximum absolute atomic E-state index is 12.5. The quantitative estimate of drug-likeness (QED) is 0.868. The lowest BCUT2D eigenvalue weighted by Gasteiger charge is -2.32. The van der Waals surface area contributed by atoms with Gasteiger partial charge in [0.05, 0.1) is 5.52 Å². The third-order valence-corrected chi connectivity index (χ3v) is 5.05. The first-order chi connectivity index (χ1) is 12.6. The van der Waals surface area contributed by atoms with Crippen LogP contribution in [0.5, 0.6) is 11.5 Å². The van der Waals surface area contributed by atoms with Gasteiger partial charge in [0, 0.05) is 43.6 Å². The standard InChI is InChI=1S/C19H23N3O4/c1-12(23)20-8-13-3-2-4-22(9-13)10-15-5-14-6-17-18(26-11-25-17)7-16(14)21-19(15)24/h5-7,13H,2-4,8-11H2,1H3,(H,20,23)(H,21,24)/t13-/m0/s1. The fraction of sp³-hybridized carbons (Fsp3) is 0.474. The number of carbonyl (C=O) groups is 1. The monoisotopic (exact) mass is 357 g/mol. The van der Waals surface area contributed by atoms with Crippen LogP contribution < -0.4 is 20.3 Å². The van der Waals surface area contributed by atoms with Crippen molar-refractivity contribution in [2.24, 2.45) is 5.92 Å². The summed E-state index contributed by atoms with van der Waals surface area (Å²) in [6, 6.07) is 5.66. The molecule has 1 aromatic carbocycles. The Morgan fingerprint density at radius 2 is 2.12 bits per heavy atom. The highest BCUT2D eigenvalue weighted by atomic mass is 16.7. The van der Waals surface area contributed by atoms with Gasteiger partial charge in [0.2, 0.25) is 12.7 Å². The van der Waals surface area contributed by atoms with Crippen LogP contribution in [0.15, 0.2) is 23.0 Å². The summed E-state index contributed by atoms with van der Waals surface area (Å²) in [6.07, 6.45) is 2.18. The van der Waals surface area contributed by atoms with E-state index in [9.17, 15) is 9.59 Å². The molecule has 2 aliphatic heterocycles. The number of piperidine rings is 1. The summed E-state index contributed by atoms with van der Waals surface area (Å²) in [5.74, 6) is 1.81. The molecule has 0 spiro atoms. The van der Waals surface area contributed by atoms with Gasteiger partial charge < -0.3 is 19.8 Å². The van der Waals surface area contributed by atoms with Crippen molar-refractivity contribution in [3.8, 4) is 11.5 Å². The minimum Gasteiger partial charge on any atom is -0.454 e. The van der Waals surface area contributed by atoms with Gasteiger partial charge in [-0.05, 0) is 37.4 Å². The van der Waals surface area contributed by atoms with Crippen LogP contribution in [-0.4, -0.2) is 42.2 Å². The lowest BCUT2D eigenvalue weighted by Crippen LogP contribution is -2.40. The highest BCUT2D eigenvalue weighted by Crippen LogP contribution is 2.35. The third-order valence-electron chi connectivity index (χ3n) is 5.05. The molecule has 2 aromatic rings. The van der Waals surface area contributed by atoms with E-state index in [0.29, 0.717) is 30.5 Å². The van der Waals surface area contributed by atoms with E-state index in [1.807, 2.05) is 18.2 Å². The second-order valence-electron chi connectivity index (χ2n) is 7.10. The van der Waals surface area contributed by atoms with Crippen LogP contribution in [0.2, 0.25) is 0 Å². The van der Waals surface area contributed by atoms with E-state index in [2.05, 4.69) is 15.2 Å². The number of aromatic nitrogens is 1. The lowest BCUT2D eigenvalue weighted by atomic mass is 9.97. The Hall–Kier alpha value is -2.54. The summed E-state index contributed by atoms with van der Waals surface area (Å²) in [5, 5.41) is 3.84. The Morgan fingerprint density at radius 3 is 2.92 bits per heavy atom. The van der Waals surface area contributed by atoms with E-state index >= 15 is 0 Å².